The predicted molar refractivity (Wildman–Crippen MR) is 84.7 cm³/mol. The van der Waals surface area contributed by atoms with Crippen molar-refractivity contribution in [3.63, 3.8) is 0 Å². The van der Waals surface area contributed by atoms with Crippen LogP contribution in [0.2, 0.25) is 0 Å². The van der Waals surface area contributed by atoms with Crippen LogP contribution in [0.4, 0.5) is 4.79 Å². The first-order chi connectivity index (χ1) is 11.2. The maximum absolute atomic E-state index is 12.2. The molecule has 24 heavy (non-hydrogen) atoms. The number of nitrogens with one attached hydrogen (secondary N) is 3. The van der Waals surface area contributed by atoms with Gasteiger partial charge in [0, 0.05) is 7.05 Å². The molecular weight excluding hydrogens is 338 g/mol. The average molecular weight is 357 g/mol. The molecule has 0 aliphatic carbocycles. The third-order valence-electron chi connectivity index (χ3n) is 2.88. The summed E-state index contributed by atoms with van der Waals surface area (Å²) < 4.78 is 31.0. The molecule has 10 heteroatoms. The lowest BCUT2D eigenvalue weighted by molar-refractivity contribution is -0.147. The van der Waals surface area contributed by atoms with Crippen LogP contribution in [-0.2, 0) is 24.3 Å². The van der Waals surface area contributed by atoms with E-state index in [1.165, 1.54) is 13.1 Å². The molecule has 0 heterocycles. The lowest BCUT2D eigenvalue weighted by Crippen LogP contribution is -2.40. The van der Waals surface area contributed by atoms with Gasteiger partial charge in [-0.05, 0) is 31.0 Å². The van der Waals surface area contributed by atoms with E-state index in [4.69, 9.17) is 0 Å². The number of imide groups is 1. The largest absolute Gasteiger partial charge is 0.455 e. The third kappa shape index (κ3) is 5.97. The normalized spacial score (nSPS) is 10.8. The fourth-order valence-electron chi connectivity index (χ4n) is 1.65. The fraction of sp³-hybridized carbons (Fsp3) is 0.357. The summed E-state index contributed by atoms with van der Waals surface area (Å²) in [6.45, 7) is 2.05. The van der Waals surface area contributed by atoms with Crippen molar-refractivity contribution in [2.75, 3.05) is 20.2 Å². The number of carbonyl (C=O) groups is 3. The van der Waals surface area contributed by atoms with Gasteiger partial charge in [0.05, 0.1) is 4.90 Å². The summed E-state index contributed by atoms with van der Waals surface area (Å²) in [6.07, 6.45) is 0. The van der Waals surface area contributed by atoms with E-state index in [2.05, 4.69) is 14.8 Å². The second-order valence-electron chi connectivity index (χ2n) is 4.88. The van der Waals surface area contributed by atoms with Crippen LogP contribution in [0.15, 0.2) is 23.1 Å². The Bertz CT molecular complexity index is 745. The van der Waals surface area contributed by atoms with Crippen molar-refractivity contribution in [3.05, 3.63) is 29.3 Å². The molecule has 1 aromatic carbocycles. The minimum absolute atomic E-state index is 0.0626. The summed E-state index contributed by atoms with van der Waals surface area (Å²) in [5.41, 5.74) is 1.29. The van der Waals surface area contributed by atoms with Crippen molar-refractivity contribution < 1.29 is 27.5 Å². The Morgan fingerprint density at radius 2 is 1.83 bits per heavy atom. The zero-order valence-electron chi connectivity index (χ0n) is 13.5. The van der Waals surface area contributed by atoms with Gasteiger partial charge in [-0.2, -0.15) is 4.72 Å². The van der Waals surface area contributed by atoms with Crippen LogP contribution in [0.1, 0.15) is 11.1 Å². The van der Waals surface area contributed by atoms with E-state index in [9.17, 15) is 22.8 Å². The van der Waals surface area contributed by atoms with Gasteiger partial charge >= 0.3 is 12.0 Å². The molecule has 0 radical (unpaired) electrons. The predicted octanol–water partition coefficient (Wildman–Crippen LogP) is -0.419. The second kappa shape index (κ2) is 8.41. The number of amides is 3. The number of rotatable bonds is 6. The molecule has 0 aliphatic rings. The molecule has 3 N–H and O–H groups in total. The van der Waals surface area contributed by atoms with Gasteiger partial charge in [0.1, 0.15) is 6.54 Å². The zero-order valence-corrected chi connectivity index (χ0v) is 14.3. The monoisotopic (exact) mass is 357 g/mol. The standard InChI is InChI=1S/C14H19N3O6S/c1-9-4-5-10(2)11(6-9)24(21,22)16-7-13(19)23-8-12(18)17-14(20)15-3/h4-6,16H,7-8H2,1-3H3,(H2,15,17,18,20). The minimum Gasteiger partial charge on any atom is -0.455 e. The second-order valence-corrected chi connectivity index (χ2v) is 6.62. The molecule has 0 unspecified atom stereocenters. The van der Waals surface area contributed by atoms with Gasteiger partial charge in [-0.3, -0.25) is 14.9 Å². The number of carbonyl (C=O) groups excluding carboxylic acids is 3. The Morgan fingerprint density at radius 3 is 2.46 bits per heavy atom. The summed E-state index contributed by atoms with van der Waals surface area (Å²) >= 11 is 0. The molecule has 0 saturated heterocycles. The molecule has 9 nitrogen and oxygen atoms in total. The zero-order chi connectivity index (χ0) is 18.3. The van der Waals surface area contributed by atoms with Gasteiger partial charge in [-0.15, -0.1) is 0 Å². The van der Waals surface area contributed by atoms with Crippen LogP contribution < -0.4 is 15.4 Å². The van der Waals surface area contributed by atoms with Gasteiger partial charge < -0.3 is 10.1 Å². The molecule has 1 rings (SSSR count). The SMILES string of the molecule is CNC(=O)NC(=O)COC(=O)CNS(=O)(=O)c1cc(C)ccc1C. The van der Waals surface area contributed by atoms with Crippen LogP contribution in [0.3, 0.4) is 0 Å². The number of hydrogen-bond acceptors (Lipinski definition) is 6. The molecule has 0 bridgehead atoms. The van der Waals surface area contributed by atoms with Crippen LogP contribution in [0.25, 0.3) is 0 Å². The average Bonchev–Trinajstić information content (AvgIpc) is 2.53. The summed E-state index contributed by atoms with van der Waals surface area (Å²) in [7, 11) is -2.57. The topological polar surface area (TPSA) is 131 Å². The number of sulfonamides is 1. The highest BCUT2D eigenvalue weighted by Crippen LogP contribution is 2.16. The van der Waals surface area contributed by atoms with Gasteiger partial charge in [0.25, 0.3) is 5.91 Å². The van der Waals surface area contributed by atoms with Crippen molar-refractivity contribution >= 4 is 27.9 Å². The van der Waals surface area contributed by atoms with E-state index < -0.39 is 41.1 Å². The molecule has 0 saturated carbocycles. The van der Waals surface area contributed by atoms with E-state index in [-0.39, 0.29) is 4.90 Å². The highest BCUT2D eigenvalue weighted by molar-refractivity contribution is 7.89. The molecule has 1 aromatic rings. The fourth-order valence-corrected chi connectivity index (χ4v) is 2.95. The highest BCUT2D eigenvalue weighted by Gasteiger charge is 2.19. The summed E-state index contributed by atoms with van der Waals surface area (Å²) in [5.74, 6) is -1.78. The Kier molecular flexibility index (Phi) is 6.86. The number of aryl methyl sites for hydroxylation is 2. The van der Waals surface area contributed by atoms with Gasteiger partial charge in [-0.25, -0.2) is 13.2 Å². The molecule has 3 amide bonds. The first-order valence-electron chi connectivity index (χ1n) is 6.90. The van der Waals surface area contributed by atoms with Crippen LogP contribution in [0.5, 0.6) is 0 Å². The molecule has 0 spiro atoms. The van der Waals surface area contributed by atoms with Crippen molar-refractivity contribution in [3.8, 4) is 0 Å². The number of benzene rings is 1. The summed E-state index contributed by atoms with van der Waals surface area (Å²) in [6, 6.07) is 4.17. The van der Waals surface area contributed by atoms with Crippen LogP contribution in [0, 0.1) is 13.8 Å². The molecule has 0 aromatic heterocycles. The van der Waals surface area contributed by atoms with E-state index in [1.807, 2.05) is 5.32 Å². The molecule has 132 valence electrons. The van der Waals surface area contributed by atoms with Crippen molar-refractivity contribution in [2.45, 2.75) is 18.7 Å². The first kappa shape index (κ1) is 19.6. The summed E-state index contributed by atoms with van der Waals surface area (Å²) in [5, 5.41) is 4.05. The maximum atomic E-state index is 12.2. The third-order valence-corrected chi connectivity index (χ3v) is 4.43. The highest BCUT2D eigenvalue weighted by atomic mass is 32.2. The number of esters is 1. The quantitative estimate of drug-likeness (QED) is 0.593. The Morgan fingerprint density at radius 1 is 1.17 bits per heavy atom. The van der Waals surface area contributed by atoms with Crippen LogP contribution >= 0.6 is 0 Å². The molecule has 0 fully saturated rings. The smallest absolute Gasteiger partial charge is 0.321 e. The van der Waals surface area contributed by atoms with Crippen molar-refractivity contribution in [1.29, 1.82) is 0 Å². The van der Waals surface area contributed by atoms with E-state index in [1.54, 1.807) is 26.0 Å². The van der Waals surface area contributed by atoms with Crippen molar-refractivity contribution in [1.82, 2.24) is 15.4 Å². The van der Waals surface area contributed by atoms with E-state index in [0.29, 0.717) is 5.56 Å². The van der Waals surface area contributed by atoms with Gasteiger partial charge in [0.15, 0.2) is 6.61 Å². The maximum Gasteiger partial charge on any atom is 0.321 e. The Balaban J connectivity index is 2.56. The first-order valence-corrected chi connectivity index (χ1v) is 8.38. The number of ether oxygens (including phenoxy) is 1. The lowest BCUT2D eigenvalue weighted by atomic mass is 10.2. The molecule has 0 atom stereocenters. The number of urea groups is 1. The lowest BCUT2D eigenvalue weighted by Gasteiger charge is -2.10. The minimum atomic E-state index is -3.89. The Hall–Kier alpha value is -2.46. The van der Waals surface area contributed by atoms with Crippen LogP contribution in [-0.4, -0.2) is 46.5 Å². The molecule has 0 aliphatic heterocycles. The van der Waals surface area contributed by atoms with E-state index in [0.717, 1.165) is 5.56 Å². The van der Waals surface area contributed by atoms with Gasteiger partial charge in [-0.1, -0.05) is 12.1 Å². The van der Waals surface area contributed by atoms with E-state index >= 15 is 0 Å². The molecular formula is C14H19N3O6S. The number of hydrogen-bond donors (Lipinski definition) is 3. The van der Waals surface area contributed by atoms with Crippen molar-refractivity contribution in [2.24, 2.45) is 0 Å². The summed E-state index contributed by atoms with van der Waals surface area (Å²) in [4.78, 5) is 33.7. The van der Waals surface area contributed by atoms with Gasteiger partial charge in [0.2, 0.25) is 10.0 Å². The Labute approximate surface area is 139 Å².